The third-order valence-electron chi connectivity index (χ3n) is 4.81. The predicted molar refractivity (Wildman–Crippen MR) is 121 cm³/mol. The van der Waals surface area contributed by atoms with Gasteiger partial charge in [0.05, 0.1) is 11.0 Å². The second kappa shape index (κ2) is 11.3. The molecule has 1 aliphatic rings. The van der Waals surface area contributed by atoms with Gasteiger partial charge in [0, 0.05) is 43.8 Å². The number of nitrogens with one attached hydrogen (secondary N) is 1. The van der Waals surface area contributed by atoms with E-state index in [1.807, 2.05) is 34.7 Å². The topological polar surface area (TPSA) is 58.1 Å². The van der Waals surface area contributed by atoms with Crippen LogP contribution in [0.1, 0.15) is 32.7 Å². The first-order valence-electron chi connectivity index (χ1n) is 9.21. The molecule has 1 amide bonds. The van der Waals surface area contributed by atoms with Crippen molar-refractivity contribution in [2.24, 2.45) is 0 Å². The van der Waals surface area contributed by atoms with Gasteiger partial charge in [-0.1, -0.05) is 36.4 Å². The SMILES string of the molecule is Cl.Cl.O=C(c1csc(CCc2ccccc2)n1)N1CCNCC1c1cccnc1. The molecule has 4 rings (SSSR count). The van der Waals surface area contributed by atoms with Crippen LogP contribution in [0, 0.1) is 0 Å². The van der Waals surface area contributed by atoms with Gasteiger partial charge in [0.25, 0.3) is 5.91 Å². The van der Waals surface area contributed by atoms with Gasteiger partial charge in [-0.05, 0) is 23.6 Å². The molecule has 3 aromatic rings. The molecule has 29 heavy (non-hydrogen) atoms. The smallest absolute Gasteiger partial charge is 0.273 e. The van der Waals surface area contributed by atoms with Gasteiger partial charge in [-0.2, -0.15) is 0 Å². The lowest BCUT2D eigenvalue weighted by atomic mass is 10.0. The molecule has 1 unspecified atom stereocenters. The van der Waals surface area contributed by atoms with Crippen molar-refractivity contribution in [1.29, 1.82) is 0 Å². The number of nitrogens with zero attached hydrogens (tertiary/aromatic N) is 3. The lowest BCUT2D eigenvalue weighted by molar-refractivity contribution is 0.0628. The minimum Gasteiger partial charge on any atom is -0.328 e. The van der Waals surface area contributed by atoms with Crippen molar-refractivity contribution < 1.29 is 4.79 Å². The van der Waals surface area contributed by atoms with Crippen LogP contribution in [0.3, 0.4) is 0 Å². The first kappa shape index (κ1) is 23.3. The quantitative estimate of drug-likeness (QED) is 0.638. The van der Waals surface area contributed by atoms with Crippen LogP contribution >= 0.6 is 36.2 Å². The molecule has 1 atom stereocenters. The number of thiazole rings is 1. The lowest BCUT2D eigenvalue weighted by Gasteiger charge is -2.36. The van der Waals surface area contributed by atoms with Gasteiger partial charge in [-0.25, -0.2) is 4.98 Å². The Hall–Kier alpha value is -1.99. The van der Waals surface area contributed by atoms with Crippen molar-refractivity contribution in [2.45, 2.75) is 18.9 Å². The number of hydrogen-bond acceptors (Lipinski definition) is 5. The number of rotatable bonds is 5. The molecule has 1 saturated heterocycles. The lowest BCUT2D eigenvalue weighted by Crippen LogP contribution is -2.48. The summed E-state index contributed by atoms with van der Waals surface area (Å²) in [4.78, 5) is 23.8. The molecule has 154 valence electrons. The van der Waals surface area contributed by atoms with Gasteiger partial charge in [0.2, 0.25) is 0 Å². The van der Waals surface area contributed by atoms with Gasteiger partial charge in [0.1, 0.15) is 5.69 Å². The average Bonchev–Trinajstić information content (AvgIpc) is 3.22. The molecule has 1 aliphatic heterocycles. The highest BCUT2D eigenvalue weighted by Gasteiger charge is 2.29. The molecule has 0 bridgehead atoms. The summed E-state index contributed by atoms with van der Waals surface area (Å²) in [7, 11) is 0. The van der Waals surface area contributed by atoms with Gasteiger partial charge in [-0.15, -0.1) is 36.2 Å². The first-order valence-corrected chi connectivity index (χ1v) is 10.1. The average molecular weight is 451 g/mol. The van der Waals surface area contributed by atoms with E-state index in [4.69, 9.17) is 0 Å². The Bertz CT molecular complexity index is 892. The van der Waals surface area contributed by atoms with E-state index in [9.17, 15) is 4.79 Å². The van der Waals surface area contributed by atoms with Crippen LogP contribution in [-0.4, -0.2) is 40.4 Å². The van der Waals surface area contributed by atoms with E-state index < -0.39 is 0 Å². The molecule has 0 saturated carbocycles. The zero-order chi connectivity index (χ0) is 18.5. The van der Waals surface area contributed by atoms with E-state index in [1.165, 1.54) is 5.56 Å². The summed E-state index contributed by atoms with van der Waals surface area (Å²) in [6, 6.07) is 14.3. The Morgan fingerprint density at radius 2 is 1.97 bits per heavy atom. The van der Waals surface area contributed by atoms with Crippen LogP contribution in [0.25, 0.3) is 0 Å². The highest BCUT2D eigenvalue weighted by molar-refractivity contribution is 7.09. The molecule has 1 N–H and O–H groups in total. The van der Waals surface area contributed by atoms with E-state index in [1.54, 1.807) is 17.5 Å². The standard InChI is InChI=1S/C21H22N4OS.2ClH/c26-21(25-12-11-23-14-19(25)17-7-4-10-22-13-17)18-15-27-20(24-18)9-8-16-5-2-1-3-6-16;;/h1-7,10,13,15,19,23H,8-9,11-12,14H2;2*1H. The maximum Gasteiger partial charge on any atom is 0.273 e. The van der Waals surface area contributed by atoms with Crippen LogP contribution in [0.15, 0.2) is 60.2 Å². The molecule has 2 aromatic heterocycles. The molecule has 8 heteroatoms. The van der Waals surface area contributed by atoms with Crippen LogP contribution in [0.2, 0.25) is 0 Å². The second-order valence-electron chi connectivity index (χ2n) is 6.62. The van der Waals surface area contributed by atoms with Crippen LogP contribution in [0.5, 0.6) is 0 Å². The van der Waals surface area contributed by atoms with Crippen molar-refractivity contribution in [3.63, 3.8) is 0 Å². The number of pyridine rings is 1. The number of amides is 1. The Balaban J connectivity index is 0.00000150. The predicted octanol–water partition coefficient (Wildman–Crippen LogP) is 3.95. The van der Waals surface area contributed by atoms with E-state index in [0.717, 1.165) is 36.5 Å². The van der Waals surface area contributed by atoms with Gasteiger partial charge in [0.15, 0.2) is 0 Å². The van der Waals surface area contributed by atoms with Crippen molar-refractivity contribution in [1.82, 2.24) is 20.2 Å². The fraction of sp³-hybridized carbons (Fsp3) is 0.286. The number of halogens is 2. The van der Waals surface area contributed by atoms with E-state index in [0.29, 0.717) is 12.2 Å². The second-order valence-corrected chi connectivity index (χ2v) is 7.56. The minimum absolute atomic E-state index is 0. The third kappa shape index (κ3) is 5.76. The number of carbonyl (C=O) groups excluding carboxylic acids is 1. The Labute approximate surface area is 187 Å². The molecule has 5 nitrogen and oxygen atoms in total. The van der Waals surface area contributed by atoms with Crippen LogP contribution in [0.4, 0.5) is 0 Å². The number of aromatic nitrogens is 2. The van der Waals surface area contributed by atoms with Crippen LogP contribution < -0.4 is 5.32 Å². The van der Waals surface area contributed by atoms with Gasteiger partial charge in [-0.3, -0.25) is 9.78 Å². The van der Waals surface area contributed by atoms with Crippen molar-refractivity contribution in [2.75, 3.05) is 19.6 Å². The number of benzene rings is 1. The highest BCUT2D eigenvalue weighted by atomic mass is 35.5. The first-order chi connectivity index (χ1) is 13.3. The summed E-state index contributed by atoms with van der Waals surface area (Å²) in [5, 5.41) is 6.28. The van der Waals surface area contributed by atoms with E-state index >= 15 is 0 Å². The summed E-state index contributed by atoms with van der Waals surface area (Å²) in [6.07, 6.45) is 5.39. The number of hydrogen-bond donors (Lipinski definition) is 1. The highest BCUT2D eigenvalue weighted by Crippen LogP contribution is 2.24. The Morgan fingerprint density at radius 1 is 1.14 bits per heavy atom. The summed E-state index contributed by atoms with van der Waals surface area (Å²) in [5.41, 5.74) is 2.90. The molecule has 0 aliphatic carbocycles. The largest absolute Gasteiger partial charge is 0.328 e. The third-order valence-corrected chi connectivity index (χ3v) is 5.72. The number of piperazine rings is 1. The molecule has 0 radical (unpaired) electrons. The zero-order valence-corrected chi connectivity index (χ0v) is 18.3. The summed E-state index contributed by atoms with van der Waals surface area (Å²) in [5.74, 6) is 0.00700. The Kier molecular flexibility index (Phi) is 9.04. The summed E-state index contributed by atoms with van der Waals surface area (Å²) < 4.78 is 0. The Morgan fingerprint density at radius 3 is 2.72 bits per heavy atom. The van der Waals surface area contributed by atoms with Gasteiger partial charge >= 0.3 is 0 Å². The summed E-state index contributed by atoms with van der Waals surface area (Å²) in [6.45, 7) is 2.21. The normalized spacial score (nSPS) is 15.9. The number of aryl methyl sites for hydroxylation is 2. The van der Waals surface area contributed by atoms with E-state index in [2.05, 4.69) is 39.6 Å². The van der Waals surface area contributed by atoms with Crippen LogP contribution in [-0.2, 0) is 12.8 Å². The zero-order valence-electron chi connectivity index (χ0n) is 15.9. The number of carbonyl (C=O) groups is 1. The van der Waals surface area contributed by atoms with E-state index in [-0.39, 0.29) is 36.8 Å². The van der Waals surface area contributed by atoms with Crippen molar-refractivity contribution >= 4 is 42.1 Å². The molecule has 1 aromatic carbocycles. The fourth-order valence-electron chi connectivity index (χ4n) is 3.39. The molecular weight excluding hydrogens is 427 g/mol. The molecular formula is C21H24Cl2N4OS. The van der Waals surface area contributed by atoms with Crippen molar-refractivity contribution in [3.8, 4) is 0 Å². The molecule has 0 spiro atoms. The maximum atomic E-state index is 13.1. The van der Waals surface area contributed by atoms with Gasteiger partial charge < -0.3 is 10.2 Å². The maximum absolute atomic E-state index is 13.1. The monoisotopic (exact) mass is 450 g/mol. The van der Waals surface area contributed by atoms with Crippen molar-refractivity contribution in [3.05, 3.63) is 82.1 Å². The summed E-state index contributed by atoms with van der Waals surface area (Å²) >= 11 is 1.57. The fourth-order valence-corrected chi connectivity index (χ4v) is 4.16. The molecule has 1 fully saturated rings. The molecule has 3 heterocycles. The minimum atomic E-state index is -0.00517.